The Balaban J connectivity index is 2.77. The van der Waals surface area contributed by atoms with E-state index in [2.05, 4.69) is 15.9 Å². The molecule has 2 N–H and O–H groups in total. The van der Waals surface area contributed by atoms with Crippen LogP contribution in [0.3, 0.4) is 0 Å². The Morgan fingerprint density at radius 2 is 2.20 bits per heavy atom. The molecule has 0 bridgehead atoms. The van der Waals surface area contributed by atoms with E-state index >= 15 is 0 Å². The van der Waals surface area contributed by atoms with Gasteiger partial charge in [-0.15, -0.1) is 0 Å². The summed E-state index contributed by atoms with van der Waals surface area (Å²) >= 11 is 3.45. The predicted octanol–water partition coefficient (Wildman–Crippen LogP) is 2.97. The summed E-state index contributed by atoms with van der Waals surface area (Å²) in [6.45, 7) is 2.41. The molecule has 0 spiro atoms. The minimum atomic E-state index is 0.412. The van der Waals surface area contributed by atoms with Gasteiger partial charge >= 0.3 is 0 Å². The van der Waals surface area contributed by atoms with Gasteiger partial charge in [0.25, 0.3) is 0 Å². The van der Waals surface area contributed by atoms with Crippen molar-refractivity contribution in [2.45, 2.75) is 13.5 Å². The minimum Gasteiger partial charge on any atom is -0.497 e. The number of rotatable bonds is 2. The van der Waals surface area contributed by atoms with Gasteiger partial charge in [0, 0.05) is 5.39 Å². The van der Waals surface area contributed by atoms with Crippen LogP contribution in [0.25, 0.3) is 11.0 Å². The van der Waals surface area contributed by atoms with E-state index in [4.69, 9.17) is 14.9 Å². The lowest BCUT2D eigenvalue weighted by Crippen LogP contribution is -1.95. The highest BCUT2D eigenvalue weighted by Crippen LogP contribution is 2.34. The topological polar surface area (TPSA) is 48.4 Å². The fourth-order valence-electron chi connectivity index (χ4n) is 1.61. The van der Waals surface area contributed by atoms with Crippen LogP contribution in [0.5, 0.6) is 5.75 Å². The molecular formula is C11H12BrNO2. The molecule has 0 aliphatic carbocycles. The van der Waals surface area contributed by atoms with E-state index in [0.717, 1.165) is 32.5 Å². The maximum absolute atomic E-state index is 5.65. The lowest BCUT2D eigenvalue weighted by Gasteiger charge is -2.00. The van der Waals surface area contributed by atoms with Crippen molar-refractivity contribution in [2.75, 3.05) is 7.11 Å². The summed E-state index contributed by atoms with van der Waals surface area (Å²) in [6, 6.07) is 3.84. The molecule has 1 aromatic carbocycles. The van der Waals surface area contributed by atoms with Crippen molar-refractivity contribution in [2.24, 2.45) is 5.73 Å². The molecule has 0 atom stereocenters. The number of hydrogen-bond acceptors (Lipinski definition) is 3. The van der Waals surface area contributed by atoms with Crippen molar-refractivity contribution >= 4 is 26.9 Å². The van der Waals surface area contributed by atoms with Gasteiger partial charge in [0.15, 0.2) is 0 Å². The van der Waals surface area contributed by atoms with Gasteiger partial charge in [-0.1, -0.05) is 0 Å². The normalized spacial score (nSPS) is 10.9. The fraction of sp³-hybridized carbons (Fsp3) is 0.273. The molecule has 0 amide bonds. The van der Waals surface area contributed by atoms with Gasteiger partial charge in [0.2, 0.25) is 0 Å². The van der Waals surface area contributed by atoms with Gasteiger partial charge in [-0.2, -0.15) is 0 Å². The number of ether oxygens (including phenoxy) is 1. The number of fused-ring (bicyclic) bond motifs is 1. The number of methoxy groups -OCH3 is 1. The number of hydrogen-bond donors (Lipinski definition) is 1. The first kappa shape index (κ1) is 10.5. The lowest BCUT2D eigenvalue weighted by atomic mass is 10.1. The summed E-state index contributed by atoms with van der Waals surface area (Å²) in [4.78, 5) is 0. The molecule has 0 radical (unpaired) electrons. The molecule has 0 unspecified atom stereocenters. The van der Waals surface area contributed by atoms with Gasteiger partial charge in [0.1, 0.15) is 17.1 Å². The molecule has 0 aliphatic rings. The standard InChI is InChI=1S/C11H12BrNO2/c1-6-8-3-7(14-2)4-9(12)11(8)15-10(6)5-13/h3-4H,5,13H2,1-2H3. The van der Waals surface area contributed by atoms with Crippen LogP contribution in [0, 0.1) is 6.92 Å². The zero-order chi connectivity index (χ0) is 11.0. The van der Waals surface area contributed by atoms with Crippen LogP contribution in [0.2, 0.25) is 0 Å². The summed E-state index contributed by atoms with van der Waals surface area (Å²) in [5, 5.41) is 1.04. The largest absolute Gasteiger partial charge is 0.497 e. The third-order valence-electron chi connectivity index (χ3n) is 2.49. The molecule has 0 fully saturated rings. The number of halogens is 1. The SMILES string of the molecule is COc1cc(Br)c2oc(CN)c(C)c2c1. The lowest BCUT2D eigenvalue weighted by molar-refractivity contribution is 0.415. The first-order chi connectivity index (χ1) is 7.17. The van der Waals surface area contributed by atoms with Crippen molar-refractivity contribution in [1.82, 2.24) is 0 Å². The molecule has 0 saturated carbocycles. The second-order valence-corrected chi connectivity index (χ2v) is 4.19. The van der Waals surface area contributed by atoms with Crippen LogP contribution in [0.4, 0.5) is 0 Å². The van der Waals surface area contributed by atoms with Gasteiger partial charge in [0.05, 0.1) is 18.1 Å². The summed E-state index contributed by atoms with van der Waals surface area (Å²) in [5.41, 5.74) is 7.50. The average molecular weight is 270 g/mol. The van der Waals surface area contributed by atoms with Crippen molar-refractivity contribution in [1.29, 1.82) is 0 Å². The van der Waals surface area contributed by atoms with Crippen LogP contribution in [0.1, 0.15) is 11.3 Å². The number of nitrogens with two attached hydrogens (primary N) is 1. The number of furan rings is 1. The van der Waals surface area contributed by atoms with Gasteiger partial charge in [-0.25, -0.2) is 0 Å². The van der Waals surface area contributed by atoms with E-state index in [0.29, 0.717) is 6.54 Å². The molecule has 0 aliphatic heterocycles. The maximum Gasteiger partial charge on any atom is 0.149 e. The Kier molecular flexibility index (Phi) is 2.71. The second-order valence-electron chi connectivity index (χ2n) is 3.34. The second kappa shape index (κ2) is 3.87. The van der Waals surface area contributed by atoms with Crippen LogP contribution >= 0.6 is 15.9 Å². The van der Waals surface area contributed by atoms with Gasteiger partial charge < -0.3 is 14.9 Å². The van der Waals surface area contributed by atoms with E-state index in [-0.39, 0.29) is 0 Å². The zero-order valence-electron chi connectivity index (χ0n) is 8.63. The molecule has 80 valence electrons. The molecule has 1 heterocycles. The monoisotopic (exact) mass is 269 g/mol. The van der Waals surface area contributed by atoms with Crippen LogP contribution < -0.4 is 10.5 Å². The van der Waals surface area contributed by atoms with Gasteiger partial charge in [-0.3, -0.25) is 0 Å². The first-order valence-electron chi connectivity index (χ1n) is 4.63. The van der Waals surface area contributed by atoms with Crippen LogP contribution in [-0.4, -0.2) is 7.11 Å². The van der Waals surface area contributed by atoms with Crippen LogP contribution in [-0.2, 0) is 6.54 Å². The van der Waals surface area contributed by atoms with Crippen molar-refractivity contribution in [3.63, 3.8) is 0 Å². The third kappa shape index (κ3) is 1.64. The molecule has 0 saturated heterocycles. The summed E-state index contributed by atoms with van der Waals surface area (Å²) < 4.78 is 11.7. The minimum absolute atomic E-state index is 0.412. The van der Waals surface area contributed by atoms with E-state index < -0.39 is 0 Å². The molecule has 1 aromatic heterocycles. The quantitative estimate of drug-likeness (QED) is 0.912. The van der Waals surface area contributed by atoms with E-state index in [1.54, 1.807) is 7.11 Å². The smallest absolute Gasteiger partial charge is 0.149 e. The molecule has 4 heteroatoms. The highest BCUT2D eigenvalue weighted by molar-refractivity contribution is 9.10. The van der Waals surface area contributed by atoms with E-state index in [9.17, 15) is 0 Å². The van der Waals surface area contributed by atoms with Gasteiger partial charge in [-0.05, 0) is 40.5 Å². The average Bonchev–Trinajstić information content (AvgIpc) is 2.56. The van der Waals surface area contributed by atoms with E-state index in [1.807, 2.05) is 19.1 Å². The Morgan fingerprint density at radius 3 is 2.80 bits per heavy atom. The Hall–Kier alpha value is -1.00. The molecular weight excluding hydrogens is 258 g/mol. The predicted molar refractivity (Wildman–Crippen MR) is 63.1 cm³/mol. The summed E-state index contributed by atoms with van der Waals surface area (Å²) in [6.07, 6.45) is 0. The third-order valence-corrected chi connectivity index (χ3v) is 3.07. The molecule has 2 aromatic rings. The summed E-state index contributed by atoms with van der Waals surface area (Å²) in [7, 11) is 1.65. The van der Waals surface area contributed by atoms with E-state index in [1.165, 1.54) is 0 Å². The van der Waals surface area contributed by atoms with Crippen molar-refractivity contribution < 1.29 is 9.15 Å². The zero-order valence-corrected chi connectivity index (χ0v) is 10.2. The Bertz CT molecular complexity index is 505. The van der Waals surface area contributed by atoms with Crippen molar-refractivity contribution in [3.05, 3.63) is 27.9 Å². The molecule has 2 rings (SSSR count). The maximum atomic E-state index is 5.65. The molecule has 3 nitrogen and oxygen atoms in total. The highest BCUT2D eigenvalue weighted by atomic mass is 79.9. The van der Waals surface area contributed by atoms with Crippen LogP contribution in [0.15, 0.2) is 21.0 Å². The highest BCUT2D eigenvalue weighted by Gasteiger charge is 2.13. The van der Waals surface area contributed by atoms with Crippen molar-refractivity contribution in [3.8, 4) is 5.75 Å². The fourth-order valence-corrected chi connectivity index (χ4v) is 2.13. The Morgan fingerprint density at radius 1 is 1.47 bits per heavy atom. The number of aryl methyl sites for hydroxylation is 1. The summed E-state index contributed by atoms with van der Waals surface area (Å²) in [5.74, 6) is 1.63. The Labute approximate surface area is 96.3 Å². The molecule has 15 heavy (non-hydrogen) atoms. The first-order valence-corrected chi connectivity index (χ1v) is 5.42. The number of benzene rings is 1.